The highest BCUT2D eigenvalue weighted by atomic mass is 32.2. The third-order valence-corrected chi connectivity index (χ3v) is 2.78. The lowest BCUT2D eigenvalue weighted by atomic mass is 10.4. The molecule has 0 bridgehead atoms. The van der Waals surface area contributed by atoms with Crippen molar-refractivity contribution >= 4 is 11.8 Å². The van der Waals surface area contributed by atoms with Gasteiger partial charge < -0.3 is 0 Å². The quantitative estimate of drug-likeness (QED) is 0.459. The van der Waals surface area contributed by atoms with Crippen molar-refractivity contribution in [2.24, 2.45) is 0 Å². The Labute approximate surface area is 66.1 Å². The number of nitrogens with zero attached hydrogens (tertiary/aromatic N) is 1. The van der Waals surface area contributed by atoms with E-state index < -0.39 is 0 Å². The molecule has 1 atom stereocenters. The fourth-order valence-corrected chi connectivity index (χ4v) is 2.04. The second-order valence-electron chi connectivity index (χ2n) is 2.32. The van der Waals surface area contributed by atoms with Crippen LogP contribution in [0, 0.1) is 11.3 Å². The van der Waals surface area contributed by atoms with E-state index in [2.05, 4.69) is 18.2 Å². The second-order valence-corrected chi connectivity index (χ2v) is 3.67. The van der Waals surface area contributed by atoms with Crippen molar-refractivity contribution in [2.75, 3.05) is 5.75 Å². The zero-order valence-electron chi connectivity index (χ0n) is 5.92. The number of thioether (sulfide) groups is 1. The minimum atomic E-state index is 0.689. The van der Waals surface area contributed by atoms with E-state index in [1.165, 1.54) is 12.8 Å². The zero-order valence-corrected chi connectivity index (χ0v) is 6.73. The molecule has 0 aliphatic heterocycles. The fourth-order valence-electron chi connectivity index (χ4n) is 1.000. The van der Waals surface area contributed by atoms with Crippen LogP contribution in [0.2, 0.25) is 0 Å². The molecule has 2 heteroatoms. The van der Waals surface area contributed by atoms with Gasteiger partial charge in [0.15, 0.2) is 0 Å². The fraction of sp³-hybridized carbons (Fsp3) is 0.625. The lowest BCUT2D eigenvalue weighted by Crippen LogP contribution is -1.93. The molecule has 0 aromatic heterocycles. The maximum Gasteiger partial charge on any atom is 0.0630 e. The third-order valence-electron chi connectivity index (χ3n) is 1.51. The summed E-state index contributed by atoms with van der Waals surface area (Å²) in [6.07, 6.45) is 7.67. The Morgan fingerprint density at radius 3 is 3.20 bits per heavy atom. The second kappa shape index (κ2) is 4.40. The number of nitriles is 1. The third kappa shape index (κ3) is 2.45. The SMILES string of the molecule is N#CCCSC1C=CCC1. The Morgan fingerprint density at radius 2 is 2.60 bits per heavy atom. The Balaban J connectivity index is 2.03. The van der Waals surface area contributed by atoms with Crippen molar-refractivity contribution < 1.29 is 0 Å². The van der Waals surface area contributed by atoms with E-state index in [0.29, 0.717) is 11.7 Å². The van der Waals surface area contributed by atoms with Gasteiger partial charge in [-0.2, -0.15) is 17.0 Å². The highest BCUT2D eigenvalue weighted by molar-refractivity contribution is 8.00. The first-order valence-electron chi connectivity index (χ1n) is 3.58. The molecular formula is C8H11NS. The van der Waals surface area contributed by atoms with Gasteiger partial charge >= 0.3 is 0 Å². The minimum Gasteiger partial charge on any atom is -0.198 e. The van der Waals surface area contributed by atoms with Crippen LogP contribution >= 0.6 is 11.8 Å². The molecule has 1 rings (SSSR count). The van der Waals surface area contributed by atoms with Crippen molar-refractivity contribution in [1.82, 2.24) is 0 Å². The lowest BCUT2D eigenvalue weighted by molar-refractivity contribution is 0.942. The van der Waals surface area contributed by atoms with Gasteiger partial charge in [0.2, 0.25) is 0 Å². The van der Waals surface area contributed by atoms with Crippen LogP contribution in [0.15, 0.2) is 12.2 Å². The topological polar surface area (TPSA) is 23.8 Å². The van der Waals surface area contributed by atoms with Gasteiger partial charge in [-0.05, 0) is 12.8 Å². The summed E-state index contributed by atoms with van der Waals surface area (Å²) < 4.78 is 0. The van der Waals surface area contributed by atoms with E-state index in [4.69, 9.17) is 5.26 Å². The summed E-state index contributed by atoms with van der Waals surface area (Å²) in [5.41, 5.74) is 0. The molecule has 1 aliphatic rings. The molecule has 0 N–H and O–H groups in total. The lowest BCUT2D eigenvalue weighted by Gasteiger charge is -2.03. The molecule has 10 heavy (non-hydrogen) atoms. The first kappa shape index (κ1) is 7.68. The molecule has 1 aliphatic carbocycles. The Morgan fingerprint density at radius 1 is 1.70 bits per heavy atom. The van der Waals surface area contributed by atoms with E-state index in [0.717, 1.165) is 5.75 Å². The highest BCUT2D eigenvalue weighted by Crippen LogP contribution is 2.23. The van der Waals surface area contributed by atoms with E-state index in [-0.39, 0.29) is 0 Å². The van der Waals surface area contributed by atoms with Crippen LogP contribution in [-0.4, -0.2) is 11.0 Å². The van der Waals surface area contributed by atoms with Crippen molar-refractivity contribution in [1.29, 1.82) is 5.26 Å². The van der Waals surface area contributed by atoms with E-state index in [9.17, 15) is 0 Å². The van der Waals surface area contributed by atoms with Gasteiger partial charge in [-0.3, -0.25) is 0 Å². The summed E-state index contributed by atoms with van der Waals surface area (Å²) >= 11 is 1.90. The predicted molar refractivity (Wildman–Crippen MR) is 44.9 cm³/mol. The maximum atomic E-state index is 8.26. The van der Waals surface area contributed by atoms with E-state index >= 15 is 0 Å². The molecule has 0 heterocycles. The summed E-state index contributed by atoms with van der Waals surface area (Å²) in [6, 6.07) is 2.15. The molecule has 0 aromatic carbocycles. The Bertz CT molecular complexity index is 157. The van der Waals surface area contributed by atoms with Gasteiger partial charge in [-0.1, -0.05) is 12.2 Å². The van der Waals surface area contributed by atoms with Crippen molar-refractivity contribution in [2.45, 2.75) is 24.5 Å². The summed E-state index contributed by atoms with van der Waals surface area (Å²) in [5, 5.41) is 8.96. The molecule has 0 fully saturated rings. The normalized spacial score (nSPS) is 22.9. The molecule has 0 saturated carbocycles. The van der Waals surface area contributed by atoms with Crippen LogP contribution in [0.4, 0.5) is 0 Å². The molecule has 0 radical (unpaired) electrons. The van der Waals surface area contributed by atoms with Crippen molar-refractivity contribution in [3.63, 3.8) is 0 Å². The van der Waals surface area contributed by atoms with Crippen LogP contribution in [0.3, 0.4) is 0 Å². The number of hydrogen-bond acceptors (Lipinski definition) is 2. The van der Waals surface area contributed by atoms with Crippen LogP contribution < -0.4 is 0 Å². The van der Waals surface area contributed by atoms with Gasteiger partial charge in [-0.15, -0.1) is 0 Å². The van der Waals surface area contributed by atoms with Gasteiger partial charge in [-0.25, -0.2) is 0 Å². The molecular weight excluding hydrogens is 142 g/mol. The van der Waals surface area contributed by atoms with Crippen LogP contribution in [0.25, 0.3) is 0 Å². The minimum absolute atomic E-state index is 0.689. The van der Waals surface area contributed by atoms with Gasteiger partial charge in [0.1, 0.15) is 0 Å². The number of rotatable bonds is 3. The summed E-state index contributed by atoms with van der Waals surface area (Å²) in [5.74, 6) is 0.992. The Hall–Kier alpha value is -0.420. The van der Waals surface area contributed by atoms with Crippen molar-refractivity contribution in [3.05, 3.63) is 12.2 Å². The number of hydrogen-bond donors (Lipinski definition) is 0. The van der Waals surface area contributed by atoms with Crippen LogP contribution in [0.5, 0.6) is 0 Å². The largest absolute Gasteiger partial charge is 0.198 e. The molecule has 0 amide bonds. The standard InChI is InChI=1S/C8H11NS/c9-6-3-7-10-8-4-1-2-5-8/h1,4,8H,2-3,5,7H2. The summed E-state index contributed by atoms with van der Waals surface area (Å²) in [4.78, 5) is 0. The van der Waals surface area contributed by atoms with Crippen molar-refractivity contribution in [3.8, 4) is 6.07 Å². The van der Waals surface area contributed by atoms with Gasteiger partial charge in [0.05, 0.1) is 6.07 Å². The molecule has 54 valence electrons. The average Bonchev–Trinajstić information content (AvgIpc) is 2.41. The van der Waals surface area contributed by atoms with E-state index in [1.807, 2.05) is 11.8 Å². The molecule has 0 aromatic rings. The number of allylic oxidation sites excluding steroid dienone is 1. The molecule has 1 unspecified atom stereocenters. The molecule has 0 saturated heterocycles. The first-order valence-corrected chi connectivity index (χ1v) is 4.63. The summed E-state index contributed by atoms with van der Waals surface area (Å²) in [7, 11) is 0. The monoisotopic (exact) mass is 153 g/mol. The average molecular weight is 153 g/mol. The molecule has 0 spiro atoms. The molecule has 1 nitrogen and oxygen atoms in total. The Kier molecular flexibility index (Phi) is 3.38. The first-order chi connectivity index (χ1) is 4.93. The van der Waals surface area contributed by atoms with Crippen LogP contribution in [-0.2, 0) is 0 Å². The predicted octanol–water partition coefficient (Wildman–Crippen LogP) is 2.35. The summed E-state index contributed by atoms with van der Waals surface area (Å²) in [6.45, 7) is 0. The smallest absolute Gasteiger partial charge is 0.0630 e. The van der Waals surface area contributed by atoms with Crippen LogP contribution in [0.1, 0.15) is 19.3 Å². The van der Waals surface area contributed by atoms with Gasteiger partial charge in [0, 0.05) is 17.4 Å². The highest BCUT2D eigenvalue weighted by Gasteiger charge is 2.07. The maximum absolute atomic E-state index is 8.26. The van der Waals surface area contributed by atoms with Gasteiger partial charge in [0.25, 0.3) is 0 Å². The van der Waals surface area contributed by atoms with E-state index in [1.54, 1.807) is 0 Å². The zero-order chi connectivity index (χ0) is 7.23.